The minimum atomic E-state index is 0.561. The van der Waals surface area contributed by atoms with E-state index in [1.807, 2.05) is 18.2 Å². The zero-order chi connectivity index (χ0) is 12.4. The lowest BCUT2D eigenvalue weighted by atomic mass is 10.3. The van der Waals surface area contributed by atoms with Crippen LogP contribution in [0.4, 0.5) is 0 Å². The third-order valence-corrected chi connectivity index (χ3v) is 5.05. The van der Waals surface area contributed by atoms with Gasteiger partial charge in [-0.15, -0.1) is 23.1 Å². The molecule has 1 aromatic carbocycles. The molecule has 0 amide bonds. The van der Waals surface area contributed by atoms with Crippen LogP contribution in [0.2, 0.25) is 0 Å². The summed E-state index contributed by atoms with van der Waals surface area (Å²) in [6.07, 6.45) is 2.40. The van der Waals surface area contributed by atoms with Gasteiger partial charge in [0.15, 0.2) is 0 Å². The fraction of sp³-hybridized carbons (Fsp3) is 0.286. The number of hydrogen-bond acceptors (Lipinski definition) is 4. The van der Waals surface area contributed by atoms with Crippen LogP contribution in [0.15, 0.2) is 35.2 Å². The van der Waals surface area contributed by atoms with E-state index in [-0.39, 0.29) is 0 Å². The maximum absolute atomic E-state index is 9.11. The molecular formula is C14H12N2S2. The molecule has 2 nitrogen and oxygen atoms in total. The molecule has 1 aromatic heterocycles. The van der Waals surface area contributed by atoms with E-state index >= 15 is 0 Å². The maximum Gasteiger partial charge on any atom is 0.128 e. The molecule has 2 aromatic rings. The zero-order valence-corrected chi connectivity index (χ0v) is 11.4. The van der Waals surface area contributed by atoms with Crippen LogP contribution < -0.4 is 0 Å². The predicted octanol–water partition coefficient (Wildman–Crippen LogP) is 4.18. The number of aromatic nitrogens is 1. The Hall–Kier alpha value is -1.31. The summed E-state index contributed by atoms with van der Waals surface area (Å²) in [5.74, 6) is 1.42. The highest BCUT2D eigenvalue weighted by atomic mass is 32.2. The van der Waals surface area contributed by atoms with E-state index in [4.69, 9.17) is 5.26 Å². The van der Waals surface area contributed by atoms with E-state index in [9.17, 15) is 0 Å². The van der Waals surface area contributed by atoms with Crippen molar-refractivity contribution in [2.45, 2.75) is 29.4 Å². The number of benzene rings is 1. The van der Waals surface area contributed by atoms with Gasteiger partial charge in [0, 0.05) is 10.8 Å². The van der Waals surface area contributed by atoms with E-state index in [2.05, 4.69) is 23.2 Å². The minimum Gasteiger partial charge on any atom is -0.244 e. The van der Waals surface area contributed by atoms with Crippen LogP contribution in [0.3, 0.4) is 0 Å². The fourth-order valence-corrected chi connectivity index (χ4v) is 3.67. The van der Waals surface area contributed by atoms with E-state index in [0.29, 0.717) is 5.92 Å². The summed E-state index contributed by atoms with van der Waals surface area (Å²) < 4.78 is 0. The van der Waals surface area contributed by atoms with E-state index < -0.39 is 0 Å². The van der Waals surface area contributed by atoms with Crippen LogP contribution in [0.1, 0.15) is 34.3 Å². The molecule has 1 fully saturated rings. The summed E-state index contributed by atoms with van der Waals surface area (Å²) in [5, 5.41) is 10.2. The number of thioether (sulfide) groups is 1. The SMILES string of the molecule is N#Cc1sc(CSc2ccccc2)nc1C1CC1. The van der Waals surface area contributed by atoms with Gasteiger partial charge in [0.25, 0.3) is 0 Å². The monoisotopic (exact) mass is 272 g/mol. The van der Waals surface area contributed by atoms with Gasteiger partial charge in [-0.1, -0.05) is 18.2 Å². The predicted molar refractivity (Wildman–Crippen MR) is 74.8 cm³/mol. The summed E-state index contributed by atoms with van der Waals surface area (Å²) >= 11 is 3.33. The highest BCUT2D eigenvalue weighted by Gasteiger charge is 2.29. The third-order valence-electron chi connectivity index (χ3n) is 2.87. The third kappa shape index (κ3) is 2.58. The van der Waals surface area contributed by atoms with E-state index in [0.717, 1.165) is 21.3 Å². The Bertz CT molecular complexity index is 580. The van der Waals surface area contributed by atoms with Gasteiger partial charge in [0.05, 0.1) is 11.4 Å². The van der Waals surface area contributed by atoms with E-state index in [1.54, 1.807) is 23.1 Å². The molecule has 3 rings (SSSR count). The Labute approximate surface area is 115 Å². The van der Waals surface area contributed by atoms with Gasteiger partial charge in [-0.25, -0.2) is 4.98 Å². The molecular weight excluding hydrogens is 260 g/mol. The second kappa shape index (κ2) is 5.13. The molecule has 1 heterocycles. The summed E-state index contributed by atoms with van der Waals surface area (Å²) in [6.45, 7) is 0. The summed E-state index contributed by atoms with van der Waals surface area (Å²) in [6, 6.07) is 12.6. The smallest absolute Gasteiger partial charge is 0.128 e. The van der Waals surface area contributed by atoms with Crippen molar-refractivity contribution in [3.05, 3.63) is 45.9 Å². The average Bonchev–Trinajstić information content (AvgIpc) is 3.18. The molecule has 0 aliphatic heterocycles. The number of hydrogen-bond donors (Lipinski definition) is 0. The minimum absolute atomic E-state index is 0.561. The summed E-state index contributed by atoms with van der Waals surface area (Å²) in [5.41, 5.74) is 1.05. The first kappa shape index (κ1) is 11.8. The van der Waals surface area contributed by atoms with Crippen LogP contribution in [-0.4, -0.2) is 4.98 Å². The lowest BCUT2D eigenvalue weighted by molar-refractivity contribution is 1.02. The van der Waals surface area contributed by atoms with Gasteiger partial charge in [-0.05, 0) is 25.0 Å². The van der Waals surface area contributed by atoms with Crippen molar-refractivity contribution < 1.29 is 0 Å². The molecule has 0 unspecified atom stereocenters. The van der Waals surface area contributed by atoms with Gasteiger partial charge in [0.2, 0.25) is 0 Å². The molecule has 1 saturated carbocycles. The Morgan fingerprint density at radius 3 is 2.78 bits per heavy atom. The fourth-order valence-electron chi connectivity index (χ4n) is 1.82. The van der Waals surface area contributed by atoms with Crippen molar-refractivity contribution >= 4 is 23.1 Å². The molecule has 18 heavy (non-hydrogen) atoms. The van der Waals surface area contributed by atoms with Crippen molar-refractivity contribution in [1.82, 2.24) is 4.98 Å². The summed E-state index contributed by atoms with van der Waals surface area (Å²) in [7, 11) is 0. The van der Waals surface area contributed by atoms with Gasteiger partial charge in [-0.3, -0.25) is 0 Å². The van der Waals surface area contributed by atoms with Gasteiger partial charge in [-0.2, -0.15) is 5.26 Å². The van der Waals surface area contributed by atoms with Crippen molar-refractivity contribution in [1.29, 1.82) is 5.26 Å². The van der Waals surface area contributed by atoms with Crippen molar-refractivity contribution in [2.24, 2.45) is 0 Å². The maximum atomic E-state index is 9.11. The highest BCUT2D eigenvalue weighted by Crippen LogP contribution is 2.42. The van der Waals surface area contributed by atoms with Crippen LogP contribution in [0.5, 0.6) is 0 Å². The quantitative estimate of drug-likeness (QED) is 0.783. The Balaban J connectivity index is 1.72. The molecule has 90 valence electrons. The lowest BCUT2D eigenvalue weighted by Gasteiger charge is -1.97. The van der Waals surface area contributed by atoms with E-state index in [1.165, 1.54) is 17.7 Å². The highest BCUT2D eigenvalue weighted by molar-refractivity contribution is 7.98. The standard InChI is InChI=1S/C14H12N2S2/c15-8-12-14(10-6-7-10)16-13(18-12)9-17-11-4-2-1-3-5-11/h1-5,10H,6-7,9H2. The first-order valence-electron chi connectivity index (χ1n) is 5.94. The average molecular weight is 272 g/mol. The molecule has 0 N–H and O–H groups in total. The zero-order valence-electron chi connectivity index (χ0n) is 9.80. The molecule has 4 heteroatoms. The molecule has 0 bridgehead atoms. The van der Waals surface area contributed by atoms with Crippen molar-refractivity contribution in [2.75, 3.05) is 0 Å². The number of thiazole rings is 1. The molecule has 1 aliphatic rings. The molecule has 1 aliphatic carbocycles. The first-order chi connectivity index (χ1) is 8.86. The van der Waals surface area contributed by atoms with Gasteiger partial charge >= 0.3 is 0 Å². The van der Waals surface area contributed by atoms with Gasteiger partial charge < -0.3 is 0 Å². The molecule has 0 radical (unpaired) electrons. The molecule has 0 saturated heterocycles. The first-order valence-corrected chi connectivity index (χ1v) is 7.74. The van der Waals surface area contributed by atoms with Crippen LogP contribution in [-0.2, 0) is 5.75 Å². The number of nitriles is 1. The number of rotatable bonds is 4. The molecule has 0 atom stereocenters. The topological polar surface area (TPSA) is 36.7 Å². The normalized spacial score (nSPS) is 14.4. The van der Waals surface area contributed by atoms with Crippen LogP contribution in [0, 0.1) is 11.3 Å². The van der Waals surface area contributed by atoms with Gasteiger partial charge in [0.1, 0.15) is 16.0 Å². The Morgan fingerprint density at radius 2 is 2.11 bits per heavy atom. The Morgan fingerprint density at radius 1 is 1.33 bits per heavy atom. The lowest BCUT2D eigenvalue weighted by Crippen LogP contribution is -1.84. The van der Waals surface area contributed by atoms with Crippen molar-refractivity contribution in [3.8, 4) is 6.07 Å². The summed E-state index contributed by atoms with van der Waals surface area (Å²) in [4.78, 5) is 6.70. The number of nitrogens with zero attached hydrogens (tertiary/aromatic N) is 2. The second-order valence-corrected chi connectivity index (χ2v) is 6.44. The second-order valence-electron chi connectivity index (χ2n) is 4.31. The molecule has 0 spiro atoms. The van der Waals surface area contributed by atoms with Crippen LogP contribution in [0.25, 0.3) is 0 Å². The Kier molecular flexibility index (Phi) is 3.35. The van der Waals surface area contributed by atoms with Crippen molar-refractivity contribution in [3.63, 3.8) is 0 Å². The van der Waals surface area contributed by atoms with Crippen LogP contribution >= 0.6 is 23.1 Å². The largest absolute Gasteiger partial charge is 0.244 e.